The van der Waals surface area contributed by atoms with Crippen molar-refractivity contribution in [2.75, 3.05) is 13.7 Å². The van der Waals surface area contributed by atoms with Crippen LogP contribution in [-0.2, 0) is 16.1 Å². The van der Waals surface area contributed by atoms with Gasteiger partial charge in [-0.2, -0.15) is 8.78 Å². The van der Waals surface area contributed by atoms with Crippen LogP contribution in [0, 0.1) is 0 Å². The molecule has 0 fully saturated rings. The van der Waals surface area contributed by atoms with Gasteiger partial charge >= 0.3 is 12.6 Å². The maximum Gasteiger partial charge on any atom is 0.387 e. The molecule has 24 heavy (non-hydrogen) atoms. The van der Waals surface area contributed by atoms with Gasteiger partial charge < -0.3 is 18.8 Å². The van der Waals surface area contributed by atoms with Crippen molar-refractivity contribution >= 4 is 11.9 Å². The van der Waals surface area contributed by atoms with Crippen molar-refractivity contribution in [3.05, 3.63) is 54.0 Å². The fourth-order valence-corrected chi connectivity index (χ4v) is 1.87. The fraction of sp³-hybridized carbons (Fsp3) is 0.250. The predicted molar refractivity (Wildman–Crippen MR) is 78.5 cm³/mol. The minimum absolute atomic E-state index is 0.181. The molecular weight excluding hydrogens is 324 g/mol. The lowest BCUT2D eigenvalue weighted by Gasteiger charge is -2.16. The molecule has 0 N–H and O–H groups in total. The van der Waals surface area contributed by atoms with Gasteiger partial charge in [0, 0.05) is 7.05 Å². The van der Waals surface area contributed by atoms with Crippen LogP contribution in [0.1, 0.15) is 16.1 Å². The van der Waals surface area contributed by atoms with E-state index in [0.717, 1.165) is 0 Å². The molecule has 8 heteroatoms. The number of halogens is 2. The molecule has 0 aliphatic carbocycles. The molecule has 0 unspecified atom stereocenters. The second-order valence-electron chi connectivity index (χ2n) is 4.78. The highest BCUT2D eigenvalue weighted by atomic mass is 19.3. The zero-order chi connectivity index (χ0) is 17.5. The summed E-state index contributed by atoms with van der Waals surface area (Å²) in [7, 11) is 1.52. The Bertz CT molecular complexity index is 688. The third-order valence-electron chi connectivity index (χ3n) is 3.05. The SMILES string of the molecule is CN(Cc1ccco1)C(=O)COC(=O)c1ccccc1OC(F)F. The Labute approximate surface area is 136 Å². The number of amides is 1. The van der Waals surface area contributed by atoms with Crippen LogP contribution in [0.5, 0.6) is 5.75 Å². The molecule has 1 amide bonds. The molecule has 2 aromatic rings. The van der Waals surface area contributed by atoms with Gasteiger partial charge in [0.15, 0.2) is 6.61 Å². The van der Waals surface area contributed by atoms with E-state index in [1.807, 2.05) is 0 Å². The third kappa shape index (κ3) is 4.80. The van der Waals surface area contributed by atoms with Gasteiger partial charge in [-0.3, -0.25) is 4.79 Å². The molecule has 0 bridgehead atoms. The quantitative estimate of drug-likeness (QED) is 0.726. The Morgan fingerprint density at radius 2 is 1.96 bits per heavy atom. The van der Waals surface area contributed by atoms with E-state index in [1.165, 1.54) is 42.5 Å². The highest BCUT2D eigenvalue weighted by molar-refractivity contribution is 5.93. The number of nitrogens with zero attached hydrogens (tertiary/aromatic N) is 1. The summed E-state index contributed by atoms with van der Waals surface area (Å²) in [5.74, 6) is -1.13. The maximum atomic E-state index is 12.3. The number of esters is 1. The van der Waals surface area contributed by atoms with Gasteiger partial charge in [0.1, 0.15) is 17.1 Å². The Morgan fingerprint density at radius 3 is 2.62 bits per heavy atom. The van der Waals surface area contributed by atoms with E-state index in [1.54, 1.807) is 12.1 Å². The van der Waals surface area contributed by atoms with E-state index < -0.39 is 25.1 Å². The Hall–Kier alpha value is -2.90. The lowest BCUT2D eigenvalue weighted by atomic mass is 10.2. The number of carbonyl (C=O) groups excluding carboxylic acids is 2. The van der Waals surface area contributed by atoms with Gasteiger partial charge in [-0.05, 0) is 24.3 Å². The molecule has 1 aromatic carbocycles. The number of carbonyl (C=O) groups is 2. The van der Waals surface area contributed by atoms with Crippen LogP contribution in [0.4, 0.5) is 8.78 Å². The van der Waals surface area contributed by atoms with Crippen LogP contribution in [-0.4, -0.2) is 37.0 Å². The van der Waals surface area contributed by atoms with Gasteiger partial charge in [-0.1, -0.05) is 12.1 Å². The molecule has 6 nitrogen and oxygen atoms in total. The van der Waals surface area contributed by atoms with Crippen molar-refractivity contribution in [1.82, 2.24) is 4.90 Å². The molecule has 0 saturated carbocycles. The van der Waals surface area contributed by atoms with Crippen LogP contribution < -0.4 is 4.74 Å². The van der Waals surface area contributed by atoms with Crippen LogP contribution in [0.2, 0.25) is 0 Å². The summed E-state index contributed by atoms with van der Waals surface area (Å²) in [6.45, 7) is -3.38. The zero-order valence-corrected chi connectivity index (χ0v) is 12.8. The zero-order valence-electron chi connectivity index (χ0n) is 12.8. The number of rotatable bonds is 7. The van der Waals surface area contributed by atoms with Crippen LogP contribution >= 0.6 is 0 Å². The minimum Gasteiger partial charge on any atom is -0.467 e. The van der Waals surface area contributed by atoms with E-state index in [-0.39, 0.29) is 17.9 Å². The number of likely N-dealkylation sites (N-methyl/N-ethyl adjacent to an activating group) is 1. The van der Waals surface area contributed by atoms with Crippen molar-refractivity contribution < 1.29 is 32.3 Å². The Balaban J connectivity index is 1.92. The molecule has 0 aliphatic heterocycles. The monoisotopic (exact) mass is 339 g/mol. The van der Waals surface area contributed by atoms with E-state index in [4.69, 9.17) is 9.15 Å². The van der Waals surface area contributed by atoms with Crippen LogP contribution in [0.3, 0.4) is 0 Å². The Morgan fingerprint density at radius 1 is 1.21 bits per heavy atom. The summed E-state index contributed by atoms with van der Waals surface area (Å²) in [5.41, 5.74) is -0.181. The third-order valence-corrected chi connectivity index (χ3v) is 3.05. The summed E-state index contributed by atoms with van der Waals surface area (Å²) < 4.78 is 38.9. The topological polar surface area (TPSA) is 69.0 Å². The summed E-state index contributed by atoms with van der Waals surface area (Å²) in [6, 6.07) is 8.79. The molecule has 0 radical (unpaired) electrons. The average molecular weight is 339 g/mol. The molecule has 0 spiro atoms. The number of hydrogen-bond acceptors (Lipinski definition) is 5. The number of benzene rings is 1. The van der Waals surface area contributed by atoms with Crippen molar-refractivity contribution in [1.29, 1.82) is 0 Å². The first-order valence-corrected chi connectivity index (χ1v) is 6.94. The smallest absolute Gasteiger partial charge is 0.387 e. The van der Waals surface area contributed by atoms with E-state index in [0.29, 0.717) is 5.76 Å². The molecule has 2 rings (SSSR count). The lowest BCUT2D eigenvalue weighted by molar-refractivity contribution is -0.134. The van der Waals surface area contributed by atoms with E-state index in [2.05, 4.69) is 4.74 Å². The summed E-state index contributed by atoms with van der Waals surface area (Å²) in [6.07, 6.45) is 1.48. The predicted octanol–water partition coefficient (Wildman–Crippen LogP) is 2.70. The highest BCUT2D eigenvalue weighted by Crippen LogP contribution is 2.21. The van der Waals surface area contributed by atoms with Gasteiger partial charge in [0.05, 0.1) is 12.8 Å². The van der Waals surface area contributed by atoms with Gasteiger partial charge in [-0.15, -0.1) is 0 Å². The van der Waals surface area contributed by atoms with Gasteiger partial charge in [0.2, 0.25) is 0 Å². The van der Waals surface area contributed by atoms with Crippen LogP contribution in [0.15, 0.2) is 47.1 Å². The summed E-state index contributed by atoms with van der Waals surface area (Å²) in [4.78, 5) is 25.2. The van der Waals surface area contributed by atoms with Crippen LogP contribution in [0.25, 0.3) is 0 Å². The highest BCUT2D eigenvalue weighted by Gasteiger charge is 2.19. The number of hydrogen-bond donors (Lipinski definition) is 0. The molecule has 0 saturated heterocycles. The average Bonchev–Trinajstić information content (AvgIpc) is 3.05. The molecule has 0 atom stereocenters. The first-order valence-electron chi connectivity index (χ1n) is 6.94. The normalized spacial score (nSPS) is 10.5. The molecular formula is C16H15F2NO5. The second kappa shape index (κ2) is 8.09. The summed E-state index contributed by atoms with van der Waals surface area (Å²) in [5, 5.41) is 0. The molecule has 0 aliphatic rings. The lowest BCUT2D eigenvalue weighted by Crippen LogP contribution is -2.30. The van der Waals surface area contributed by atoms with Crippen molar-refractivity contribution in [3.8, 4) is 5.75 Å². The first-order chi connectivity index (χ1) is 11.5. The Kier molecular flexibility index (Phi) is 5.89. The van der Waals surface area contributed by atoms with Crippen molar-refractivity contribution in [3.63, 3.8) is 0 Å². The van der Waals surface area contributed by atoms with Gasteiger partial charge in [0.25, 0.3) is 5.91 Å². The summed E-state index contributed by atoms with van der Waals surface area (Å²) >= 11 is 0. The van der Waals surface area contributed by atoms with Crippen molar-refractivity contribution in [2.24, 2.45) is 0 Å². The maximum absolute atomic E-state index is 12.3. The number of para-hydroxylation sites is 1. The molecule has 1 aromatic heterocycles. The van der Waals surface area contributed by atoms with Gasteiger partial charge in [-0.25, -0.2) is 4.79 Å². The largest absolute Gasteiger partial charge is 0.467 e. The van der Waals surface area contributed by atoms with E-state index in [9.17, 15) is 18.4 Å². The molecule has 128 valence electrons. The van der Waals surface area contributed by atoms with Crippen molar-refractivity contribution in [2.45, 2.75) is 13.2 Å². The fourth-order valence-electron chi connectivity index (χ4n) is 1.87. The first kappa shape index (κ1) is 17.5. The second-order valence-corrected chi connectivity index (χ2v) is 4.78. The number of alkyl halides is 2. The standard InChI is InChI=1S/C16H15F2NO5/c1-19(9-11-5-4-8-22-11)14(20)10-23-15(21)12-6-2-3-7-13(12)24-16(17)18/h2-8,16H,9-10H2,1H3. The number of furan rings is 1. The van der Waals surface area contributed by atoms with E-state index >= 15 is 0 Å². The number of ether oxygens (including phenoxy) is 2. The minimum atomic E-state index is -3.07. The molecule has 1 heterocycles.